The number of hydrogen-bond donors (Lipinski definition) is 2. The third kappa shape index (κ3) is 3.81. The zero-order valence-electron chi connectivity index (χ0n) is 16.2. The van der Waals surface area contributed by atoms with Gasteiger partial charge in [0, 0.05) is 19.3 Å². The molecule has 0 radical (unpaired) electrons. The normalized spacial score (nSPS) is 10.7. The summed E-state index contributed by atoms with van der Waals surface area (Å²) in [4.78, 5) is 46.7. The predicted octanol–water partition coefficient (Wildman–Crippen LogP) is 2.37. The third-order valence-corrected chi connectivity index (χ3v) is 4.45. The summed E-state index contributed by atoms with van der Waals surface area (Å²) >= 11 is 0. The molecule has 3 aromatic heterocycles. The zero-order valence-corrected chi connectivity index (χ0v) is 16.2. The number of rotatable bonds is 4. The maximum absolute atomic E-state index is 12.5. The number of fused-ring (bicyclic) bond motifs is 1. The average molecular weight is 403 g/mol. The molecule has 30 heavy (non-hydrogen) atoms. The average Bonchev–Trinajstić information content (AvgIpc) is 2.75. The van der Waals surface area contributed by atoms with Crippen LogP contribution in [0.5, 0.6) is 11.6 Å². The van der Waals surface area contributed by atoms with Crippen molar-refractivity contribution in [3.05, 3.63) is 86.8 Å². The van der Waals surface area contributed by atoms with E-state index in [4.69, 9.17) is 4.74 Å². The van der Waals surface area contributed by atoms with Crippen LogP contribution in [0.4, 0.5) is 5.69 Å². The first-order valence-electron chi connectivity index (χ1n) is 9.02. The molecule has 0 atom stereocenters. The number of nitrogens with zero attached hydrogens (tertiary/aromatic N) is 3. The Bertz CT molecular complexity index is 1360. The van der Waals surface area contributed by atoms with Gasteiger partial charge in [-0.25, -0.2) is 14.8 Å². The summed E-state index contributed by atoms with van der Waals surface area (Å²) in [6.07, 6.45) is 2.77. The van der Waals surface area contributed by atoms with Gasteiger partial charge in [0.25, 0.3) is 11.5 Å². The van der Waals surface area contributed by atoms with E-state index in [2.05, 4.69) is 20.3 Å². The molecule has 0 saturated carbocycles. The quantitative estimate of drug-likeness (QED) is 0.540. The summed E-state index contributed by atoms with van der Waals surface area (Å²) in [7, 11) is 1.49. The lowest BCUT2D eigenvalue weighted by Crippen LogP contribution is -2.29. The van der Waals surface area contributed by atoms with Crippen LogP contribution in [-0.4, -0.2) is 25.4 Å². The van der Waals surface area contributed by atoms with Crippen LogP contribution < -0.4 is 21.3 Å². The highest BCUT2D eigenvalue weighted by atomic mass is 16.5. The van der Waals surface area contributed by atoms with E-state index in [0.717, 1.165) is 5.56 Å². The molecule has 150 valence electrons. The number of pyridine rings is 2. The Labute approximate surface area is 170 Å². The fraction of sp³-hybridized carbons (Fsp3) is 0.0952. The predicted molar refractivity (Wildman–Crippen MR) is 111 cm³/mol. The number of anilines is 1. The lowest BCUT2D eigenvalue weighted by Gasteiger charge is -2.08. The minimum atomic E-state index is -0.602. The van der Waals surface area contributed by atoms with Crippen LogP contribution in [0.2, 0.25) is 0 Å². The van der Waals surface area contributed by atoms with Gasteiger partial charge in [0.15, 0.2) is 0 Å². The van der Waals surface area contributed by atoms with Crippen molar-refractivity contribution in [2.45, 2.75) is 6.92 Å². The number of nitrogens with one attached hydrogen (secondary N) is 2. The highest BCUT2D eigenvalue weighted by molar-refractivity contribution is 6.05. The van der Waals surface area contributed by atoms with Crippen LogP contribution in [0.1, 0.15) is 15.9 Å². The lowest BCUT2D eigenvalue weighted by atomic mass is 10.2. The van der Waals surface area contributed by atoms with Crippen LogP contribution >= 0.6 is 0 Å². The van der Waals surface area contributed by atoms with Gasteiger partial charge >= 0.3 is 5.69 Å². The first-order chi connectivity index (χ1) is 14.4. The number of aromatic amines is 1. The molecule has 0 aliphatic heterocycles. The topological polar surface area (TPSA) is 119 Å². The van der Waals surface area contributed by atoms with Crippen LogP contribution in [-0.2, 0) is 7.05 Å². The number of aromatic nitrogens is 4. The van der Waals surface area contributed by atoms with E-state index in [1.807, 2.05) is 31.2 Å². The number of carbonyl (C=O) groups is 1. The molecule has 0 fully saturated rings. The Hall–Kier alpha value is -4.27. The van der Waals surface area contributed by atoms with Crippen LogP contribution in [0.25, 0.3) is 11.0 Å². The van der Waals surface area contributed by atoms with Crippen molar-refractivity contribution in [2.24, 2.45) is 7.05 Å². The van der Waals surface area contributed by atoms with E-state index in [1.54, 1.807) is 12.1 Å². The van der Waals surface area contributed by atoms with E-state index < -0.39 is 17.2 Å². The number of amides is 1. The Morgan fingerprint density at radius 2 is 1.83 bits per heavy atom. The summed E-state index contributed by atoms with van der Waals surface area (Å²) in [5.41, 5.74) is 0.767. The summed E-state index contributed by atoms with van der Waals surface area (Å²) < 4.78 is 6.86. The zero-order chi connectivity index (χ0) is 21.3. The van der Waals surface area contributed by atoms with Gasteiger partial charge in [-0.3, -0.25) is 19.1 Å². The van der Waals surface area contributed by atoms with Gasteiger partial charge in [-0.05, 0) is 31.2 Å². The minimum absolute atomic E-state index is 0.143. The van der Waals surface area contributed by atoms with Gasteiger partial charge in [0.2, 0.25) is 5.88 Å². The molecular formula is C21H17N5O4. The monoisotopic (exact) mass is 403 g/mol. The molecule has 9 nitrogen and oxygen atoms in total. The minimum Gasteiger partial charge on any atom is -0.439 e. The van der Waals surface area contributed by atoms with Crippen LogP contribution in [0, 0.1) is 6.92 Å². The highest BCUT2D eigenvalue weighted by Gasteiger charge is 2.12. The van der Waals surface area contributed by atoms with E-state index >= 15 is 0 Å². The van der Waals surface area contributed by atoms with Crippen molar-refractivity contribution in [1.29, 1.82) is 0 Å². The van der Waals surface area contributed by atoms with Crippen molar-refractivity contribution >= 4 is 22.6 Å². The summed E-state index contributed by atoms with van der Waals surface area (Å²) in [5.74, 6) is 0.579. The number of benzene rings is 1. The van der Waals surface area contributed by atoms with Crippen molar-refractivity contribution in [3.63, 3.8) is 0 Å². The molecule has 1 amide bonds. The van der Waals surface area contributed by atoms with Crippen LogP contribution in [0.3, 0.4) is 0 Å². The number of carbonyl (C=O) groups excluding carboxylic acids is 1. The molecule has 9 heteroatoms. The Morgan fingerprint density at radius 3 is 2.53 bits per heavy atom. The fourth-order valence-corrected chi connectivity index (χ4v) is 2.81. The second-order valence-electron chi connectivity index (χ2n) is 6.67. The molecule has 0 spiro atoms. The number of ether oxygens (including phenoxy) is 1. The Balaban J connectivity index is 1.51. The Morgan fingerprint density at radius 1 is 1.07 bits per heavy atom. The van der Waals surface area contributed by atoms with Crippen molar-refractivity contribution in [2.75, 3.05) is 5.32 Å². The van der Waals surface area contributed by atoms with E-state index in [-0.39, 0.29) is 16.6 Å². The number of hydrogen-bond acceptors (Lipinski definition) is 6. The maximum atomic E-state index is 12.5. The van der Waals surface area contributed by atoms with E-state index in [0.29, 0.717) is 17.3 Å². The highest BCUT2D eigenvalue weighted by Crippen LogP contribution is 2.21. The summed E-state index contributed by atoms with van der Waals surface area (Å²) in [6.45, 7) is 1.99. The first kappa shape index (κ1) is 19.1. The van der Waals surface area contributed by atoms with Gasteiger partial charge in [0.1, 0.15) is 11.4 Å². The summed E-state index contributed by atoms with van der Waals surface area (Å²) in [6, 6.07) is 12.2. The maximum Gasteiger partial charge on any atom is 0.329 e. The number of H-pyrrole nitrogens is 1. The molecule has 0 aliphatic carbocycles. The largest absolute Gasteiger partial charge is 0.439 e. The van der Waals surface area contributed by atoms with Crippen molar-refractivity contribution < 1.29 is 9.53 Å². The molecule has 0 bridgehead atoms. The molecule has 1 aromatic carbocycles. The first-order valence-corrected chi connectivity index (χ1v) is 9.02. The molecule has 3 heterocycles. The van der Waals surface area contributed by atoms with Gasteiger partial charge < -0.3 is 10.1 Å². The second kappa shape index (κ2) is 7.63. The molecule has 4 aromatic rings. The van der Waals surface area contributed by atoms with Gasteiger partial charge in [-0.15, -0.1) is 0 Å². The molecule has 0 unspecified atom stereocenters. The molecule has 2 N–H and O–H groups in total. The van der Waals surface area contributed by atoms with Gasteiger partial charge in [-0.1, -0.05) is 17.7 Å². The SMILES string of the molecule is Cc1ccc(Oc2ccc(NC(=O)c3cnc4c(c3)c(=O)[nH]c(=O)n4C)cn2)cc1. The lowest BCUT2D eigenvalue weighted by molar-refractivity contribution is 0.102. The third-order valence-electron chi connectivity index (χ3n) is 4.45. The van der Waals surface area contributed by atoms with Gasteiger partial charge in [0.05, 0.1) is 22.8 Å². The van der Waals surface area contributed by atoms with E-state index in [9.17, 15) is 14.4 Å². The van der Waals surface area contributed by atoms with Gasteiger partial charge in [-0.2, -0.15) is 0 Å². The molecule has 0 saturated heterocycles. The fourth-order valence-electron chi connectivity index (χ4n) is 2.81. The second-order valence-corrected chi connectivity index (χ2v) is 6.67. The Kier molecular flexibility index (Phi) is 4.85. The standard InChI is InChI=1S/C21H17N5O4/c1-12-3-6-15(7-4-12)30-17-8-5-14(11-22-17)24-19(27)13-9-16-18(23-10-13)26(2)21(29)25-20(16)28/h3-11H,1-2H3,(H,24,27)(H,25,28,29). The molecule has 4 rings (SSSR count). The smallest absolute Gasteiger partial charge is 0.329 e. The molecule has 0 aliphatic rings. The van der Waals surface area contributed by atoms with Crippen molar-refractivity contribution in [3.8, 4) is 11.6 Å². The molecular weight excluding hydrogens is 386 g/mol. The number of aryl methyl sites for hydroxylation is 2. The van der Waals surface area contributed by atoms with Crippen LogP contribution in [0.15, 0.2) is 64.4 Å². The summed E-state index contributed by atoms with van der Waals surface area (Å²) in [5, 5.41) is 2.83. The van der Waals surface area contributed by atoms with E-state index in [1.165, 1.54) is 30.1 Å². The van der Waals surface area contributed by atoms with Crippen molar-refractivity contribution in [1.82, 2.24) is 19.5 Å².